The van der Waals surface area contributed by atoms with Crippen LogP contribution in [0.5, 0.6) is 5.75 Å². The zero-order chi connectivity index (χ0) is 31.6. The van der Waals surface area contributed by atoms with Crippen LogP contribution in [-0.4, -0.2) is 62.1 Å². The summed E-state index contributed by atoms with van der Waals surface area (Å²) in [7, 11) is -4.08. The highest BCUT2D eigenvalue weighted by Crippen LogP contribution is 2.46. The number of carbonyl (C=O) groups excluding carboxylic acids is 1. The molecule has 0 saturated heterocycles. The first-order chi connectivity index (χ1) is 21.0. The van der Waals surface area contributed by atoms with E-state index in [2.05, 4.69) is 34.9 Å². The molecule has 3 aliphatic rings. The van der Waals surface area contributed by atoms with E-state index in [1.165, 1.54) is 15.4 Å². The number of nitrogens with zero attached hydrogens (tertiary/aromatic N) is 2. The number of rotatable bonds is 11. The Kier molecular flexibility index (Phi) is 9.80. The number of benzene rings is 2. The van der Waals surface area contributed by atoms with Gasteiger partial charge in [-0.25, -0.2) is 4.72 Å². The van der Waals surface area contributed by atoms with Crippen LogP contribution >= 0.6 is 11.6 Å². The van der Waals surface area contributed by atoms with Crippen molar-refractivity contribution in [1.82, 2.24) is 9.03 Å². The number of aryl methyl sites for hydroxylation is 1. The minimum absolute atomic E-state index is 0.114. The van der Waals surface area contributed by atoms with Gasteiger partial charge in [0.2, 0.25) is 0 Å². The number of carbonyl (C=O) groups is 1. The van der Waals surface area contributed by atoms with E-state index in [4.69, 9.17) is 16.3 Å². The van der Waals surface area contributed by atoms with Gasteiger partial charge in [-0.05, 0) is 98.7 Å². The fraction of sp³-hybridized carbons (Fsp3) is 0.500. The van der Waals surface area contributed by atoms with Gasteiger partial charge in [-0.15, -0.1) is 13.2 Å². The number of nitrogens with one attached hydrogen (secondary N) is 1. The van der Waals surface area contributed by atoms with Crippen LogP contribution in [0.4, 0.5) is 5.69 Å². The Morgan fingerprint density at radius 1 is 1.27 bits per heavy atom. The average Bonchev–Trinajstić information content (AvgIpc) is 3.12. The smallest absolute Gasteiger partial charge is 0.304 e. The van der Waals surface area contributed by atoms with Gasteiger partial charge in [-0.1, -0.05) is 36.7 Å². The molecule has 44 heavy (non-hydrogen) atoms. The summed E-state index contributed by atoms with van der Waals surface area (Å²) in [5, 5.41) is 11.3. The van der Waals surface area contributed by atoms with Gasteiger partial charge >= 0.3 is 10.2 Å². The van der Waals surface area contributed by atoms with E-state index >= 15 is 0 Å². The number of hydrogen-bond donors (Lipinski definition) is 2. The summed E-state index contributed by atoms with van der Waals surface area (Å²) in [6, 6.07) is 10.9. The molecule has 0 aromatic heterocycles. The van der Waals surface area contributed by atoms with Crippen molar-refractivity contribution in [2.75, 3.05) is 31.1 Å². The van der Waals surface area contributed by atoms with Gasteiger partial charge in [0.15, 0.2) is 0 Å². The summed E-state index contributed by atoms with van der Waals surface area (Å²) < 4.78 is 36.5. The van der Waals surface area contributed by atoms with E-state index in [9.17, 15) is 18.3 Å². The fourth-order valence-electron chi connectivity index (χ4n) is 7.30. The molecule has 1 spiro atoms. The van der Waals surface area contributed by atoms with Crippen molar-refractivity contribution in [2.24, 2.45) is 11.8 Å². The second kappa shape index (κ2) is 13.3. The second-order valence-corrected chi connectivity index (χ2v) is 14.6. The number of amides is 1. The molecule has 0 bridgehead atoms. The average molecular weight is 642 g/mol. The summed E-state index contributed by atoms with van der Waals surface area (Å²) in [6.45, 7) is 13.1. The molecule has 2 unspecified atom stereocenters. The Hall–Kier alpha value is -2.85. The van der Waals surface area contributed by atoms with E-state index < -0.39 is 22.2 Å². The fourth-order valence-corrected chi connectivity index (χ4v) is 8.86. The van der Waals surface area contributed by atoms with Crippen LogP contribution in [0.25, 0.3) is 0 Å². The first kappa shape index (κ1) is 32.5. The number of fused-ring (bicyclic) bond motifs is 3. The number of aliphatic hydroxyl groups is 1. The molecule has 2 aromatic carbocycles. The maximum Gasteiger partial charge on any atom is 0.304 e. The third-order valence-electron chi connectivity index (χ3n) is 9.75. The lowest BCUT2D eigenvalue weighted by molar-refractivity contribution is 0.0460. The lowest BCUT2D eigenvalue weighted by Crippen LogP contribution is -2.49. The first-order valence-electron chi connectivity index (χ1n) is 15.6. The zero-order valence-electron chi connectivity index (χ0n) is 25.7. The van der Waals surface area contributed by atoms with Gasteiger partial charge in [0.05, 0.1) is 18.4 Å². The van der Waals surface area contributed by atoms with Gasteiger partial charge < -0.3 is 14.7 Å². The third-order valence-corrected chi connectivity index (χ3v) is 11.7. The van der Waals surface area contributed by atoms with Crippen LogP contribution < -0.4 is 14.4 Å². The molecule has 0 radical (unpaired) electrons. The Bertz CT molecular complexity index is 1510. The third kappa shape index (κ3) is 6.43. The molecule has 238 valence electrons. The van der Waals surface area contributed by atoms with Crippen molar-refractivity contribution in [2.45, 2.75) is 69.9 Å². The van der Waals surface area contributed by atoms with E-state index in [1.807, 2.05) is 6.07 Å². The highest BCUT2D eigenvalue weighted by molar-refractivity contribution is 7.87. The van der Waals surface area contributed by atoms with Gasteiger partial charge in [0, 0.05) is 41.7 Å². The standard InChI is InChI=1S/C34H44ClN3O5S/c1-5-9-23(4)38(7-3)44(41,42)36-33(40)25-12-16-32-30(19-25)37(20-26-11-14-28(26)31(39)6-2)21-34(22-43-32)17-8-10-24-18-27(35)13-15-29(24)34/h5-6,12-13,15-16,18-19,23,26,28,31,39H,1-2,7-11,14,17,20-22H2,3-4H3,(H,36,40)/t23?,26-,28+,31?,34-/m0/s1. The molecule has 1 fully saturated rings. The predicted octanol–water partition coefficient (Wildman–Crippen LogP) is 5.65. The minimum atomic E-state index is -4.08. The van der Waals surface area contributed by atoms with Crippen molar-refractivity contribution in [3.05, 3.63) is 83.4 Å². The first-order valence-corrected chi connectivity index (χ1v) is 17.4. The Labute approximate surface area is 266 Å². The summed E-state index contributed by atoms with van der Waals surface area (Å²) in [5.41, 5.74) is 3.16. The maximum atomic E-state index is 13.4. The molecular formula is C34H44ClN3O5S. The molecule has 1 amide bonds. The Morgan fingerprint density at radius 3 is 2.75 bits per heavy atom. The summed E-state index contributed by atoms with van der Waals surface area (Å²) >= 11 is 6.39. The SMILES string of the molecule is C=CCC(C)N(CC)S(=O)(=O)NC(=O)c1ccc2c(c1)N(C[C@@H]1CC[C@H]1C(O)C=C)C[C@@]1(CCCc3cc(Cl)ccc31)CO2. The normalized spacial score (nSPS) is 24.2. The van der Waals surface area contributed by atoms with E-state index in [1.54, 1.807) is 44.2 Å². The molecule has 2 aromatic rings. The van der Waals surface area contributed by atoms with Crippen molar-refractivity contribution in [3.63, 3.8) is 0 Å². The van der Waals surface area contributed by atoms with Crippen LogP contribution in [0, 0.1) is 11.8 Å². The number of halogens is 1. The number of aliphatic hydroxyl groups excluding tert-OH is 1. The molecular weight excluding hydrogens is 598 g/mol. The molecule has 1 aliphatic heterocycles. The van der Waals surface area contributed by atoms with Crippen molar-refractivity contribution >= 4 is 33.4 Å². The molecule has 1 saturated carbocycles. The van der Waals surface area contributed by atoms with E-state index in [0.717, 1.165) is 42.8 Å². The van der Waals surface area contributed by atoms with E-state index in [-0.39, 0.29) is 35.4 Å². The van der Waals surface area contributed by atoms with Gasteiger partial charge in [-0.2, -0.15) is 12.7 Å². The van der Waals surface area contributed by atoms with E-state index in [0.29, 0.717) is 31.9 Å². The summed E-state index contributed by atoms with van der Waals surface area (Å²) in [6.07, 6.45) is 7.98. The number of ether oxygens (including phenoxy) is 1. The molecule has 1 heterocycles. The zero-order valence-corrected chi connectivity index (χ0v) is 27.2. The number of anilines is 1. The van der Waals surface area contributed by atoms with Crippen LogP contribution in [0.3, 0.4) is 0 Å². The predicted molar refractivity (Wildman–Crippen MR) is 176 cm³/mol. The highest BCUT2D eigenvalue weighted by Gasteiger charge is 2.44. The van der Waals surface area contributed by atoms with Crippen molar-refractivity contribution in [1.29, 1.82) is 0 Å². The van der Waals surface area contributed by atoms with Crippen molar-refractivity contribution < 1.29 is 23.1 Å². The summed E-state index contributed by atoms with van der Waals surface area (Å²) in [5.74, 6) is 0.304. The van der Waals surface area contributed by atoms with Crippen molar-refractivity contribution in [3.8, 4) is 5.75 Å². The Balaban J connectivity index is 1.49. The maximum absolute atomic E-state index is 13.4. The lowest BCUT2D eigenvalue weighted by Gasteiger charge is -2.45. The molecule has 2 aliphatic carbocycles. The van der Waals surface area contributed by atoms with Crippen LogP contribution in [0.15, 0.2) is 61.7 Å². The van der Waals surface area contributed by atoms with Crippen LogP contribution in [0.2, 0.25) is 5.02 Å². The topological polar surface area (TPSA) is 99.2 Å². The van der Waals surface area contributed by atoms with Gasteiger partial charge in [-0.3, -0.25) is 4.79 Å². The monoisotopic (exact) mass is 641 g/mol. The highest BCUT2D eigenvalue weighted by atomic mass is 35.5. The van der Waals surface area contributed by atoms with Gasteiger partial charge in [0.25, 0.3) is 5.91 Å². The van der Waals surface area contributed by atoms with Gasteiger partial charge in [0.1, 0.15) is 5.75 Å². The summed E-state index contributed by atoms with van der Waals surface area (Å²) in [4.78, 5) is 15.7. The lowest BCUT2D eigenvalue weighted by atomic mass is 9.68. The van der Waals surface area contributed by atoms with Crippen LogP contribution in [0.1, 0.15) is 67.4 Å². The second-order valence-electron chi connectivity index (χ2n) is 12.5. The Morgan fingerprint density at radius 2 is 2.07 bits per heavy atom. The molecule has 5 atom stereocenters. The minimum Gasteiger partial charge on any atom is -0.490 e. The molecule has 2 N–H and O–H groups in total. The molecule has 5 rings (SSSR count). The quantitative estimate of drug-likeness (QED) is 0.308. The number of hydrogen-bond acceptors (Lipinski definition) is 6. The molecule has 8 nitrogen and oxygen atoms in total. The van der Waals surface area contributed by atoms with Crippen LogP contribution in [-0.2, 0) is 22.0 Å². The largest absolute Gasteiger partial charge is 0.490 e. The molecule has 10 heteroatoms.